The summed E-state index contributed by atoms with van der Waals surface area (Å²) in [7, 11) is 0. The van der Waals surface area contributed by atoms with Crippen molar-refractivity contribution in [1.82, 2.24) is 0 Å². The van der Waals surface area contributed by atoms with Crippen molar-refractivity contribution in [2.24, 2.45) is 0 Å². The Bertz CT molecular complexity index is 724. The molecule has 27 heavy (non-hydrogen) atoms. The minimum Gasteiger partial charge on any atom is -0.462 e. The van der Waals surface area contributed by atoms with Gasteiger partial charge in [-0.1, -0.05) is 6.58 Å². The molecule has 0 aliphatic heterocycles. The summed E-state index contributed by atoms with van der Waals surface area (Å²) in [5.74, 6) is -1.69. The first-order chi connectivity index (χ1) is 12.6. The quantitative estimate of drug-likeness (QED) is 0.202. The van der Waals surface area contributed by atoms with Gasteiger partial charge in [0, 0.05) is 23.0 Å². The Morgan fingerprint density at radius 2 is 1.78 bits per heavy atom. The van der Waals surface area contributed by atoms with Crippen molar-refractivity contribution in [3.63, 3.8) is 0 Å². The molecule has 5 nitrogen and oxygen atoms in total. The summed E-state index contributed by atoms with van der Waals surface area (Å²) < 4.78 is 46.4. The number of hydrogen-bond donors (Lipinski definition) is 0. The number of allylic oxidation sites excluding steroid dienone is 1. The van der Waals surface area contributed by atoms with Crippen LogP contribution in [0, 0.1) is 0 Å². The van der Waals surface area contributed by atoms with Gasteiger partial charge in [0.1, 0.15) is 5.75 Å². The molecule has 0 bridgehead atoms. The second-order valence-electron chi connectivity index (χ2n) is 5.26. The van der Waals surface area contributed by atoms with Gasteiger partial charge in [-0.15, -0.1) is 0 Å². The maximum atomic E-state index is 12.2. The zero-order valence-electron chi connectivity index (χ0n) is 14.4. The molecule has 0 N–H and O–H groups in total. The van der Waals surface area contributed by atoms with Crippen molar-refractivity contribution in [2.75, 3.05) is 6.61 Å². The predicted molar refractivity (Wildman–Crippen MR) is 93.1 cm³/mol. The molecule has 0 atom stereocenters. The number of ketones is 1. The first kappa shape index (κ1) is 22.5. The van der Waals surface area contributed by atoms with Gasteiger partial charge in [0.15, 0.2) is 5.78 Å². The monoisotopic (exact) mass is 402 g/mol. The van der Waals surface area contributed by atoms with Gasteiger partial charge >= 0.3 is 17.4 Å². The number of halogens is 3. The normalized spacial score (nSPS) is 11.3. The zero-order chi connectivity index (χ0) is 20.4. The van der Waals surface area contributed by atoms with E-state index in [-0.39, 0.29) is 53.2 Å². The van der Waals surface area contributed by atoms with Crippen LogP contribution in [0.15, 0.2) is 53.5 Å². The van der Waals surface area contributed by atoms with Crippen LogP contribution >= 0.6 is 11.8 Å². The Morgan fingerprint density at radius 1 is 1.15 bits per heavy atom. The van der Waals surface area contributed by atoms with E-state index < -0.39 is 17.4 Å². The summed E-state index contributed by atoms with van der Waals surface area (Å²) in [6.45, 7) is 4.98. The highest BCUT2D eigenvalue weighted by Gasteiger charge is 2.29. The fourth-order valence-electron chi connectivity index (χ4n) is 1.64. The molecule has 1 aromatic rings. The van der Waals surface area contributed by atoms with E-state index in [9.17, 15) is 27.6 Å². The number of esters is 2. The van der Waals surface area contributed by atoms with Gasteiger partial charge in [-0.25, -0.2) is 9.59 Å². The van der Waals surface area contributed by atoms with E-state index in [0.29, 0.717) is 0 Å². The Labute approximate surface area is 158 Å². The van der Waals surface area contributed by atoms with E-state index in [1.54, 1.807) is 0 Å². The third kappa shape index (κ3) is 10.2. The molecule has 0 saturated carbocycles. The Morgan fingerprint density at radius 3 is 2.33 bits per heavy atom. The minimum absolute atomic E-state index is 0.0413. The van der Waals surface area contributed by atoms with Crippen LogP contribution in [0.4, 0.5) is 13.2 Å². The summed E-state index contributed by atoms with van der Waals surface area (Å²) in [6, 6.07) is 4.78. The van der Waals surface area contributed by atoms with E-state index in [1.165, 1.54) is 31.2 Å². The fourth-order valence-corrected chi connectivity index (χ4v) is 2.18. The van der Waals surface area contributed by atoms with Gasteiger partial charge < -0.3 is 9.47 Å². The summed E-state index contributed by atoms with van der Waals surface area (Å²) >= 11 is -0.280. The maximum Gasteiger partial charge on any atom is 0.446 e. The van der Waals surface area contributed by atoms with Crippen LogP contribution in [0.2, 0.25) is 0 Å². The van der Waals surface area contributed by atoms with Crippen molar-refractivity contribution in [3.05, 3.63) is 48.6 Å². The maximum absolute atomic E-state index is 12.2. The molecule has 1 rings (SSSR count). The molecule has 9 heteroatoms. The average Bonchev–Trinajstić information content (AvgIpc) is 2.57. The molecule has 0 spiro atoms. The summed E-state index contributed by atoms with van der Waals surface area (Å²) in [6.07, 6.45) is 2.30. The van der Waals surface area contributed by atoms with Crippen LogP contribution in [0.1, 0.15) is 19.8 Å². The molecule has 0 aliphatic carbocycles. The van der Waals surface area contributed by atoms with Crippen LogP contribution in [0.3, 0.4) is 0 Å². The lowest BCUT2D eigenvalue weighted by molar-refractivity contribution is -0.139. The predicted octanol–water partition coefficient (Wildman–Crippen LogP) is 4.23. The standard InChI is InChI=1S/C18H17F3O5S/c1-12(2)17(24)25-11-3-4-13(22)5-10-16(23)26-14-6-8-15(9-7-14)27-18(19,20)21/h5-10H,1,3-4,11H2,2H3/b10-5-. The van der Waals surface area contributed by atoms with Gasteiger partial charge in [0.2, 0.25) is 0 Å². The summed E-state index contributed by atoms with van der Waals surface area (Å²) in [5.41, 5.74) is -4.14. The van der Waals surface area contributed by atoms with Crippen LogP contribution in [-0.2, 0) is 19.1 Å². The van der Waals surface area contributed by atoms with Crippen molar-refractivity contribution in [1.29, 1.82) is 0 Å². The van der Waals surface area contributed by atoms with Crippen molar-refractivity contribution in [2.45, 2.75) is 30.2 Å². The van der Waals surface area contributed by atoms with E-state index in [2.05, 4.69) is 6.58 Å². The van der Waals surface area contributed by atoms with E-state index >= 15 is 0 Å². The lowest BCUT2D eigenvalue weighted by atomic mass is 10.2. The third-order valence-electron chi connectivity index (χ3n) is 2.83. The topological polar surface area (TPSA) is 69.7 Å². The lowest BCUT2D eigenvalue weighted by Gasteiger charge is -2.06. The number of carbonyl (C=O) groups is 3. The van der Waals surface area contributed by atoms with Crippen molar-refractivity contribution < 1.29 is 37.0 Å². The average molecular weight is 402 g/mol. The fraction of sp³-hybridized carbons (Fsp3) is 0.278. The Kier molecular flexibility index (Phi) is 8.80. The zero-order valence-corrected chi connectivity index (χ0v) is 15.2. The Balaban J connectivity index is 2.37. The van der Waals surface area contributed by atoms with Crippen molar-refractivity contribution >= 4 is 29.5 Å². The molecule has 0 unspecified atom stereocenters. The molecular weight excluding hydrogens is 385 g/mol. The second kappa shape index (κ2) is 10.6. The molecule has 0 saturated heterocycles. The van der Waals surface area contributed by atoms with Crippen LogP contribution < -0.4 is 4.74 Å². The molecule has 0 aliphatic rings. The number of benzene rings is 1. The first-order valence-electron chi connectivity index (χ1n) is 7.68. The van der Waals surface area contributed by atoms with Crippen LogP contribution in [-0.4, -0.2) is 29.8 Å². The SMILES string of the molecule is C=C(C)C(=O)OCCCC(=O)/C=C\C(=O)Oc1ccc(SC(F)(F)F)cc1. The molecule has 1 aromatic carbocycles. The number of carbonyl (C=O) groups excluding carboxylic acids is 3. The summed E-state index contributed by atoms with van der Waals surface area (Å²) in [5, 5.41) is 0. The van der Waals surface area contributed by atoms with Crippen molar-refractivity contribution in [3.8, 4) is 5.75 Å². The highest BCUT2D eigenvalue weighted by Crippen LogP contribution is 2.37. The van der Waals surface area contributed by atoms with Gasteiger partial charge in [0.25, 0.3) is 0 Å². The van der Waals surface area contributed by atoms with Gasteiger partial charge in [-0.05, 0) is 55.4 Å². The van der Waals surface area contributed by atoms with Crippen LogP contribution in [0.25, 0.3) is 0 Å². The largest absolute Gasteiger partial charge is 0.462 e. The van der Waals surface area contributed by atoms with E-state index in [1.807, 2.05) is 0 Å². The van der Waals surface area contributed by atoms with E-state index in [4.69, 9.17) is 9.47 Å². The number of rotatable bonds is 9. The van der Waals surface area contributed by atoms with E-state index in [0.717, 1.165) is 12.2 Å². The molecule has 0 radical (unpaired) electrons. The Hall–Kier alpha value is -2.55. The number of ether oxygens (including phenoxy) is 2. The molecule has 0 fully saturated rings. The number of alkyl halides is 3. The molecular formula is C18H17F3O5S. The highest BCUT2D eigenvalue weighted by molar-refractivity contribution is 8.00. The number of hydrogen-bond acceptors (Lipinski definition) is 6. The van der Waals surface area contributed by atoms with Gasteiger partial charge in [-0.3, -0.25) is 4.79 Å². The summed E-state index contributed by atoms with van der Waals surface area (Å²) in [4.78, 5) is 34.3. The highest BCUT2D eigenvalue weighted by atomic mass is 32.2. The second-order valence-corrected chi connectivity index (χ2v) is 6.40. The minimum atomic E-state index is -4.40. The molecule has 0 aromatic heterocycles. The third-order valence-corrected chi connectivity index (χ3v) is 3.57. The van der Waals surface area contributed by atoms with Crippen LogP contribution in [0.5, 0.6) is 5.75 Å². The lowest BCUT2D eigenvalue weighted by Crippen LogP contribution is -2.08. The smallest absolute Gasteiger partial charge is 0.446 e. The molecule has 0 amide bonds. The molecule has 0 heterocycles. The molecule has 146 valence electrons. The first-order valence-corrected chi connectivity index (χ1v) is 8.49. The van der Waals surface area contributed by atoms with Gasteiger partial charge in [0.05, 0.1) is 6.61 Å². The number of thioether (sulfide) groups is 1. The van der Waals surface area contributed by atoms with Gasteiger partial charge in [-0.2, -0.15) is 13.2 Å².